The first kappa shape index (κ1) is 20.3. The minimum atomic E-state index is -0.690. The molecule has 0 saturated heterocycles. The average Bonchev–Trinajstić information content (AvgIpc) is 3.19. The fourth-order valence-electron chi connectivity index (χ4n) is 3.63. The number of benzene rings is 2. The Bertz CT molecular complexity index is 1310. The number of fused-ring (bicyclic) bond motifs is 2. The molecule has 4 aromatic rings. The number of para-hydroxylation sites is 1. The third kappa shape index (κ3) is 4.48. The van der Waals surface area contributed by atoms with Gasteiger partial charge in [-0.3, -0.25) is 14.4 Å². The molecule has 8 heteroatoms. The number of carbonyl (C=O) groups excluding carboxylic acids is 2. The summed E-state index contributed by atoms with van der Waals surface area (Å²) >= 11 is 0. The third-order valence-corrected chi connectivity index (χ3v) is 5.24. The minimum Gasteiger partial charge on any atom is -0.361 e. The quantitative estimate of drug-likeness (QED) is 0.367. The molecular formula is C23H23N5O3. The first-order valence-corrected chi connectivity index (χ1v) is 10.1. The molecule has 158 valence electrons. The minimum absolute atomic E-state index is 0.0374. The van der Waals surface area contributed by atoms with E-state index in [0.717, 1.165) is 16.5 Å². The van der Waals surface area contributed by atoms with Crippen molar-refractivity contribution in [2.75, 3.05) is 6.54 Å². The number of nitrogens with one attached hydrogen (secondary N) is 4. The molecule has 0 aliphatic carbocycles. The summed E-state index contributed by atoms with van der Waals surface area (Å²) in [5, 5.41) is 14.2. The topological polar surface area (TPSA) is 120 Å². The van der Waals surface area contributed by atoms with Crippen molar-refractivity contribution in [3.05, 3.63) is 76.3 Å². The van der Waals surface area contributed by atoms with Gasteiger partial charge in [0.2, 0.25) is 11.8 Å². The fraction of sp³-hybridized carbons (Fsp3) is 0.217. The van der Waals surface area contributed by atoms with Gasteiger partial charge in [-0.15, -0.1) is 0 Å². The third-order valence-electron chi connectivity index (χ3n) is 5.24. The lowest BCUT2D eigenvalue weighted by atomic mass is 10.1. The molecule has 2 aromatic heterocycles. The van der Waals surface area contributed by atoms with E-state index in [1.165, 1.54) is 0 Å². The van der Waals surface area contributed by atoms with E-state index in [1.54, 1.807) is 31.2 Å². The van der Waals surface area contributed by atoms with Crippen molar-refractivity contribution in [2.45, 2.75) is 25.8 Å². The van der Waals surface area contributed by atoms with Gasteiger partial charge in [0.1, 0.15) is 6.04 Å². The van der Waals surface area contributed by atoms with E-state index in [1.807, 2.05) is 30.5 Å². The van der Waals surface area contributed by atoms with Crippen molar-refractivity contribution in [3.8, 4) is 0 Å². The summed E-state index contributed by atoms with van der Waals surface area (Å²) in [6.45, 7) is 2.10. The second-order valence-corrected chi connectivity index (χ2v) is 7.41. The van der Waals surface area contributed by atoms with Gasteiger partial charge in [0.15, 0.2) is 0 Å². The van der Waals surface area contributed by atoms with Gasteiger partial charge in [0.05, 0.1) is 17.5 Å². The normalized spacial score (nSPS) is 12.0. The summed E-state index contributed by atoms with van der Waals surface area (Å²) in [6, 6.07) is 14.3. The Balaban J connectivity index is 1.31. The van der Waals surface area contributed by atoms with E-state index in [9.17, 15) is 14.4 Å². The van der Waals surface area contributed by atoms with E-state index < -0.39 is 6.04 Å². The Morgan fingerprint density at radius 2 is 1.74 bits per heavy atom. The van der Waals surface area contributed by atoms with E-state index >= 15 is 0 Å². The van der Waals surface area contributed by atoms with Crippen LogP contribution in [0.4, 0.5) is 0 Å². The van der Waals surface area contributed by atoms with Crippen LogP contribution in [0.2, 0.25) is 0 Å². The van der Waals surface area contributed by atoms with Gasteiger partial charge in [-0.2, -0.15) is 5.10 Å². The maximum Gasteiger partial charge on any atom is 0.272 e. The van der Waals surface area contributed by atoms with Crippen LogP contribution in [0.5, 0.6) is 0 Å². The fourth-order valence-corrected chi connectivity index (χ4v) is 3.63. The Hall–Kier alpha value is -3.94. The maximum absolute atomic E-state index is 12.4. The number of aromatic nitrogens is 3. The van der Waals surface area contributed by atoms with Crippen molar-refractivity contribution in [2.24, 2.45) is 0 Å². The molecule has 0 aliphatic heterocycles. The van der Waals surface area contributed by atoms with Crippen molar-refractivity contribution < 1.29 is 9.59 Å². The zero-order chi connectivity index (χ0) is 21.8. The lowest BCUT2D eigenvalue weighted by Gasteiger charge is -2.14. The molecule has 2 amide bonds. The smallest absolute Gasteiger partial charge is 0.272 e. The Labute approximate surface area is 178 Å². The first-order valence-electron chi connectivity index (χ1n) is 10.1. The van der Waals surface area contributed by atoms with Crippen LogP contribution in [-0.4, -0.2) is 39.6 Å². The number of carbonyl (C=O) groups is 2. The highest BCUT2D eigenvalue weighted by molar-refractivity contribution is 5.91. The van der Waals surface area contributed by atoms with Crippen LogP contribution in [0.1, 0.15) is 18.2 Å². The highest BCUT2D eigenvalue weighted by Crippen LogP contribution is 2.17. The zero-order valence-electron chi connectivity index (χ0n) is 17.1. The second kappa shape index (κ2) is 8.83. The molecule has 1 atom stereocenters. The van der Waals surface area contributed by atoms with E-state index in [2.05, 4.69) is 25.8 Å². The van der Waals surface area contributed by atoms with E-state index in [0.29, 0.717) is 29.4 Å². The van der Waals surface area contributed by atoms with Crippen molar-refractivity contribution >= 4 is 33.5 Å². The molecule has 0 spiro atoms. The number of amides is 2. The lowest BCUT2D eigenvalue weighted by Crippen LogP contribution is -2.45. The summed E-state index contributed by atoms with van der Waals surface area (Å²) in [5.74, 6) is -0.601. The summed E-state index contributed by atoms with van der Waals surface area (Å²) in [6.07, 6.45) is 2.59. The van der Waals surface area contributed by atoms with Gasteiger partial charge in [0, 0.05) is 29.0 Å². The Kier molecular flexibility index (Phi) is 5.79. The Morgan fingerprint density at radius 3 is 2.55 bits per heavy atom. The highest BCUT2D eigenvalue weighted by Gasteiger charge is 2.17. The highest BCUT2D eigenvalue weighted by atomic mass is 16.2. The molecule has 4 rings (SSSR count). The summed E-state index contributed by atoms with van der Waals surface area (Å²) in [4.78, 5) is 39.9. The van der Waals surface area contributed by atoms with Crippen LogP contribution in [0.25, 0.3) is 21.7 Å². The summed E-state index contributed by atoms with van der Waals surface area (Å²) in [7, 11) is 0. The molecular weight excluding hydrogens is 394 g/mol. The van der Waals surface area contributed by atoms with Crippen LogP contribution >= 0.6 is 0 Å². The van der Waals surface area contributed by atoms with Crippen LogP contribution < -0.4 is 16.2 Å². The van der Waals surface area contributed by atoms with Crippen molar-refractivity contribution in [3.63, 3.8) is 0 Å². The van der Waals surface area contributed by atoms with Crippen molar-refractivity contribution in [1.29, 1.82) is 0 Å². The number of hydrogen-bond acceptors (Lipinski definition) is 4. The molecule has 0 saturated carbocycles. The summed E-state index contributed by atoms with van der Waals surface area (Å²) in [5.41, 5.74) is 2.35. The monoisotopic (exact) mass is 417 g/mol. The lowest BCUT2D eigenvalue weighted by molar-refractivity contribution is -0.128. The van der Waals surface area contributed by atoms with Gasteiger partial charge in [-0.05, 0) is 31.0 Å². The maximum atomic E-state index is 12.4. The van der Waals surface area contributed by atoms with E-state index in [4.69, 9.17) is 0 Å². The first-order chi connectivity index (χ1) is 15.0. The second-order valence-electron chi connectivity index (χ2n) is 7.41. The van der Waals surface area contributed by atoms with E-state index in [-0.39, 0.29) is 23.8 Å². The van der Waals surface area contributed by atoms with Gasteiger partial charge in [-0.25, -0.2) is 5.10 Å². The number of hydrogen-bond donors (Lipinski definition) is 4. The zero-order valence-corrected chi connectivity index (χ0v) is 17.1. The van der Waals surface area contributed by atoms with Gasteiger partial charge >= 0.3 is 0 Å². The predicted molar refractivity (Wildman–Crippen MR) is 119 cm³/mol. The van der Waals surface area contributed by atoms with Gasteiger partial charge in [-0.1, -0.05) is 36.4 Å². The van der Waals surface area contributed by atoms with Crippen LogP contribution in [-0.2, 0) is 22.4 Å². The van der Waals surface area contributed by atoms with Crippen LogP contribution in [0.15, 0.2) is 59.5 Å². The van der Waals surface area contributed by atoms with Crippen LogP contribution in [0, 0.1) is 0 Å². The molecule has 31 heavy (non-hydrogen) atoms. The number of aromatic amines is 2. The standard InChI is InChI=1S/C23H23N5O3/c1-14(22(30)24-11-10-15-13-25-19-9-5-4-6-16(15)19)26-21(29)12-20-17-7-2-3-8-18(17)23(31)28-27-20/h2-9,13-14,25H,10-12H2,1H3,(H,24,30)(H,26,29)(H,28,31). The number of rotatable bonds is 7. The molecule has 2 aromatic carbocycles. The molecule has 4 N–H and O–H groups in total. The summed E-state index contributed by atoms with van der Waals surface area (Å²) < 4.78 is 0. The molecule has 1 unspecified atom stereocenters. The molecule has 0 bridgehead atoms. The number of nitrogens with zero attached hydrogens (tertiary/aromatic N) is 1. The number of H-pyrrole nitrogens is 2. The van der Waals surface area contributed by atoms with Gasteiger partial charge < -0.3 is 15.6 Å². The van der Waals surface area contributed by atoms with Crippen LogP contribution in [0.3, 0.4) is 0 Å². The largest absolute Gasteiger partial charge is 0.361 e. The van der Waals surface area contributed by atoms with Crippen molar-refractivity contribution in [1.82, 2.24) is 25.8 Å². The molecule has 0 aliphatic rings. The molecule has 0 fully saturated rings. The van der Waals surface area contributed by atoms with Gasteiger partial charge in [0.25, 0.3) is 5.56 Å². The Morgan fingerprint density at radius 1 is 1.03 bits per heavy atom. The predicted octanol–water partition coefficient (Wildman–Crippen LogP) is 1.81. The molecule has 2 heterocycles. The average molecular weight is 417 g/mol. The molecule has 0 radical (unpaired) electrons. The molecule has 8 nitrogen and oxygen atoms in total. The SMILES string of the molecule is CC(NC(=O)Cc1n[nH]c(=O)c2ccccc12)C(=O)NCCc1c[nH]c2ccccc12.